The second-order valence-corrected chi connectivity index (χ2v) is 5.61. The van der Waals surface area contributed by atoms with Gasteiger partial charge in [0.15, 0.2) is 0 Å². The van der Waals surface area contributed by atoms with Gasteiger partial charge in [0.1, 0.15) is 0 Å². The van der Waals surface area contributed by atoms with Crippen molar-refractivity contribution in [1.82, 2.24) is 0 Å². The lowest BCUT2D eigenvalue weighted by Crippen LogP contribution is -2.39. The van der Waals surface area contributed by atoms with Crippen LogP contribution in [0.25, 0.3) is 0 Å². The van der Waals surface area contributed by atoms with E-state index >= 15 is 0 Å². The molecule has 0 aromatic heterocycles. The van der Waals surface area contributed by atoms with Crippen molar-refractivity contribution in [3.8, 4) is 0 Å². The molecule has 1 aliphatic carbocycles. The van der Waals surface area contributed by atoms with Crippen molar-refractivity contribution in [3.63, 3.8) is 0 Å². The monoisotopic (exact) mass is 282 g/mol. The molecule has 1 aromatic rings. The molecule has 2 rings (SSSR count). The molecule has 0 saturated heterocycles. The predicted octanol–water partition coefficient (Wildman–Crippen LogP) is 3.30. The number of rotatable bonds is 4. The van der Waals surface area contributed by atoms with Crippen LogP contribution in [-0.4, -0.2) is 12.6 Å². The summed E-state index contributed by atoms with van der Waals surface area (Å²) in [5.41, 5.74) is 8.27. The van der Waals surface area contributed by atoms with E-state index < -0.39 is 0 Å². The minimum Gasteiger partial charge on any atom is -0.381 e. The molecule has 0 bridgehead atoms. The molecule has 0 spiro atoms. The maximum Gasteiger partial charge on any atom is 0.0411 e. The minimum atomic E-state index is 0.433. The van der Waals surface area contributed by atoms with Crippen LogP contribution in [0.15, 0.2) is 22.7 Å². The summed E-state index contributed by atoms with van der Waals surface area (Å²) < 4.78 is 1.12. The predicted molar refractivity (Wildman–Crippen MR) is 72.7 cm³/mol. The molecule has 0 aliphatic heterocycles. The number of nitrogens with two attached hydrogens (primary N) is 1. The average molecular weight is 283 g/mol. The largest absolute Gasteiger partial charge is 0.381 e. The van der Waals surface area contributed by atoms with Gasteiger partial charge in [0, 0.05) is 22.7 Å². The Balaban J connectivity index is 2.05. The molecule has 1 fully saturated rings. The standard InChI is InChI=1S/C13H19BrN2/c1-9-5-11(14)7-12(6-9)16-13(8-15)10-3-2-4-10/h5-7,10,13,16H,2-4,8,15H2,1H3. The van der Waals surface area contributed by atoms with Gasteiger partial charge < -0.3 is 11.1 Å². The molecule has 0 heterocycles. The van der Waals surface area contributed by atoms with Crippen LogP contribution < -0.4 is 11.1 Å². The number of nitrogens with one attached hydrogen (secondary N) is 1. The normalized spacial score (nSPS) is 17.9. The van der Waals surface area contributed by atoms with Crippen LogP contribution in [0.4, 0.5) is 5.69 Å². The van der Waals surface area contributed by atoms with E-state index in [1.165, 1.54) is 30.5 Å². The van der Waals surface area contributed by atoms with Crippen molar-refractivity contribution in [2.24, 2.45) is 11.7 Å². The highest BCUT2D eigenvalue weighted by Crippen LogP contribution is 2.31. The van der Waals surface area contributed by atoms with Crippen LogP contribution in [0.5, 0.6) is 0 Å². The van der Waals surface area contributed by atoms with E-state index in [1.54, 1.807) is 0 Å². The van der Waals surface area contributed by atoms with Crippen molar-refractivity contribution in [1.29, 1.82) is 0 Å². The highest BCUT2D eigenvalue weighted by atomic mass is 79.9. The fraction of sp³-hybridized carbons (Fsp3) is 0.538. The Labute approximate surface area is 106 Å². The zero-order chi connectivity index (χ0) is 11.5. The van der Waals surface area contributed by atoms with Gasteiger partial charge in [-0.15, -0.1) is 0 Å². The molecule has 1 saturated carbocycles. The molecule has 0 radical (unpaired) electrons. The van der Waals surface area contributed by atoms with Crippen LogP contribution in [0.3, 0.4) is 0 Å². The van der Waals surface area contributed by atoms with Gasteiger partial charge in [-0.3, -0.25) is 0 Å². The first-order valence-electron chi connectivity index (χ1n) is 5.93. The second kappa shape index (κ2) is 5.19. The van der Waals surface area contributed by atoms with Crippen LogP contribution >= 0.6 is 15.9 Å². The number of hydrogen-bond acceptors (Lipinski definition) is 2. The van der Waals surface area contributed by atoms with Crippen molar-refractivity contribution in [3.05, 3.63) is 28.2 Å². The lowest BCUT2D eigenvalue weighted by Gasteiger charge is -2.34. The van der Waals surface area contributed by atoms with Crippen molar-refractivity contribution < 1.29 is 0 Å². The topological polar surface area (TPSA) is 38.0 Å². The smallest absolute Gasteiger partial charge is 0.0411 e. The Morgan fingerprint density at radius 1 is 1.44 bits per heavy atom. The van der Waals surface area contributed by atoms with Gasteiger partial charge in [-0.2, -0.15) is 0 Å². The number of aryl methyl sites for hydroxylation is 1. The molecule has 2 nitrogen and oxygen atoms in total. The summed E-state index contributed by atoms with van der Waals surface area (Å²) in [5.74, 6) is 0.768. The zero-order valence-electron chi connectivity index (χ0n) is 9.67. The van der Waals surface area contributed by atoms with Gasteiger partial charge >= 0.3 is 0 Å². The zero-order valence-corrected chi connectivity index (χ0v) is 11.3. The second-order valence-electron chi connectivity index (χ2n) is 4.69. The average Bonchev–Trinajstić information content (AvgIpc) is 2.12. The molecular weight excluding hydrogens is 264 g/mol. The maximum atomic E-state index is 5.83. The summed E-state index contributed by atoms with van der Waals surface area (Å²) in [7, 11) is 0. The summed E-state index contributed by atoms with van der Waals surface area (Å²) in [6, 6.07) is 6.84. The third kappa shape index (κ3) is 2.77. The van der Waals surface area contributed by atoms with E-state index in [1.807, 2.05) is 0 Å². The summed E-state index contributed by atoms with van der Waals surface area (Å²) in [6.45, 7) is 2.83. The molecule has 1 atom stereocenters. The number of anilines is 1. The number of halogens is 1. The van der Waals surface area contributed by atoms with E-state index in [2.05, 4.69) is 46.4 Å². The van der Waals surface area contributed by atoms with Gasteiger partial charge in [0.05, 0.1) is 0 Å². The summed E-state index contributed by atoms with van der Waals surface area (Å²) in [6.07, 6.45) is 4.00. The van der Waals surface area contributed by atoms with Gasteiger partial charge in [-0.05, 0) is 49.4 Å². The van der Waals surface area contributed by atoms with Crippen molar-refractivity contribution in [2.45, 2.75) is 32.2 Å². The molecule has 88 valence electrons. The first kappa shape index (κ1) is 11.9. The molecular formula is C13H19BrN2. The summed E-state index contributed by atoms with van der Waals surface area (Å²) >= 11 is 3.52. The van der Waals surface area contributed by atoms with E-state index in [9.17, 15) is 0 Å². The minimum absolute atomic E-state index is 0.433. The third-order valence-electron chi connectivity index (χ3n) is 3.37. The lowest BCUT2D eigenvalue weighted by atomic mass is 9.79. The Kier molecular flexibility index (Phi) is 3.87. The van der Waals surface area contributed by atoms with Crippen LogP contribution in [0.2, 0.25) is 0 Å². The fourth-order valence-corrected chi connectivity index (χ4v) is 2.85. The van der Waals surface area contributed by atoms with Crippen molar-refractivity contribution in [2.75, 3.05) is 11.9 Å². The summed E-state index contributed by atoms with van der Waals surface area (Å²) in [5, 5.41) is 3.56. The third-order valence-corrected chi connectivity index (χ3v) is 3.82. The van der Waals surface area contributed by atoms with Gasteiger partial charge in [0.25, 0.3) is 0 Å². The first-order chi connectivity index (χ1) is 7.69. The molecule has 1 unspecified atom stereocenters. The number of benzene rings is 1. The van der Waals surface area contributed by atoms with E-state index in [0.29, 0.717) is 6.04 Å². The Morgan fingerprint density at radius 2 is 2.19 bits per heavy atom. The van der Waals surface area contributed by atoms with Crippen LogP contribution in [0.1, 0.15) is 24.8 Å². The molecule has 3 heteroatoms. The quantitative estimate of drug-likeness (QED) is 0.889. The SMILES string of the molecule is Cc1cc(Br)cc(NC(CN)C2CCC2)c1. The van der Waals surface area contributed by atoms with E-state index in [4.69, 9.17) is 5.73 Å². The van der Waals surface area contributed by atoms with Crippen molar-refractivity contribution >= 4 is 21.6 Å². The molecule has 1 aliphatic rings. The first-order valence-corrected chi connectivity index (χ1v) is 6.72. The Hall–Kier alpha value is -0.540. The molecule has 16 heavy (non-hydrogen) atoms. The highest BCUT2D eigenvalue weighted by Gasteiger charge is 2.26. The molecule has 3 N–H and O–H groups in total. The Morgan fingerprint density at radius 3 is 2.69 bits per heavy atom. The van der Waals surface area contributed by atoms with Crippen LogP contribution in [-0.2, 0) is 0 Å². The Bertz CT molecular complexity index is 341. The molecule has 0 amide bonds. The van der Waals surface area contributed by atoms with E-state index in [0.717, 1.165) is 16.9 Å². The van der Waals surface area contributed by atoms with Gasteiger partial charge in [0.2, 0.25) is 0 Å². The van der Waals surface area contributed by atoms with Gasteiger partial charge in [-0.1, -0.05) is 22.4 Å². The van der Waals surface area contributed by atoms with E-state index in [-0.39, 0.29) is 0 Å². The molecule has 1 aromatic carbocycles. The van der Waals surface area contributed by atoms with Gasteiger partial charge in [-0.25, -0.2) is 0 Å². The number of hydrogen-bond donors (Lipinski definition) is 2. The maximum absolute atomic E-state index is 5.83. The van der Waals surface area contributed by atoms with Crippen LogP contribution in [0, 0.1) is 12.8 Å². The fourth-order valence-electron chi connectivity index (χ4n) is 2.25. The lowest BCUT2D eigenvalue weighted by molar-refractivity contribution is 0.277. The highest BCUT2D eigenvalue weighted by molar-refractivity contribution is 9.10. The summed E-state index contributed by atoms with van der Waals surface area (Å²) in [4.78, 5) is 0.